The van der Waals surface area contributed by atoms with Crippen LogP contribution in [0.1, 0.15) is 44.6 Å². The summed E-state index contributed by atoms with van der Waals surface area (Å²) >= 11 is 0. The van der Waals surface area contributed by atoms with Crippen molar-refractivity contribution in [3.63, 3.8) is 0 Å². The number of benzene rings is 1. The fourth-order valence-corrected chi connectivity index (χ4v) is 2.62. The summed E-state index contributed by atoms with van der Waals surface area (Å²) in [5.74, 6) is 7.09. The minimum absolute atomic E-state index is 0.0447. The Morgan fingerprint density at radius 2 is 2.03 bits per heavy atom. The maximum absolute atomic E-state index is 5.73. The summed E-state index contributed by atoms with van der Waals surface area (Å²) in [5, 5.41) is 0. The van der Waals surface area contributed by atoms with Gasteiger partial charge in [-0.25, -0.2) is 4.98 Å². The van der Waals surface area contributed by atoms with Crippen molar-refractivity contribution in [2.24, 2.45) is 5.41 Å². The van der Waals surface area contributed by atoms with Gasteiger partial charge in [-0.05, 0) is 50.6 Å². The summed E-state index contributed by atoms with van der Waals surface area (Å²) in [4.78, 5) is 6.26. The van der Waals surface area contributed by atoms with Gasteiger partial charge in [0.2, 0.25) is 0 Å². The van der Waals surface area contributed by atoms with Gasteiger partial charge in [0.15, 0.2) is 6.39 Å². The molecule has 0 amide bonds. The molecule has 4 nitrogen and oxygen atoms in total. The second-order valence-corrected chi connectivity index (χ2v) is 7.89. The normalized spacial score (nSPS) is 12.0. The Morgan fingerprint density at radius 3 is 2.76 bits per heavy atom. The van der Waals surface area contributed by atoms with E-state index in [9.17, 15) is 0 Å². The van der Waals surface area contributed by atoms with Gasteiger partial charge >= 0.3 is 0 Å². The highest BCUT2D eigenvalue weighted by molar-refractivity contribution is 5.40. The zero-order chi connectivity index (χ0) is 21.0. The molecule has 4 heteroatoms. The largest absolute Gasteiger partial charge is 0.444 e. The smallest absolute Gasteiger partial charge is 0.181 e. The second kappa shape index (κ2) is 12.1. The van der Waals surface area contributed by atoms with Gasteiger partial charge in [-0.1, -0.05) is 55.2 Å². The van der Waals surface area contributed by atoms with Crippen molar-refractivity contribution in [2.75, 3.05) is 19.7 Å². The van der Waals surface area contributed by atoms with Crippen LogP contribution in [0.15, 0.2) is 59.5 Å². The molecule has 0 saturated heterocycles. The molecule has 1 aromatic heterocycles. The highest BCUT2D eigenvalue weighted by Crippen LogP contribution is 2.11. The first-order valence-electron chi connectivity index (χ1n) is 10.1. The van der Waals surface area contributed by atoms with Crippen LogP contribution in [0.3, 0.4) is 0 Å². The number of oxazole rings is 1. The van der Waals surface area contributed by atoms with E-state index in [0.29, 0.717) is 13.2 Å². The highest BCUT2D eigenvalue weighted by Gasteiger charge is 2.04. The first kappa shape index (κ1) is 22.7. The number of hydrogen-bond donors (Lipinski definition) is 0. The molecule has 154 valence electrons. The number of nitrogens with zero attached hydrogens (tertiary/aromatic N) is 2. The zero-order valence-corrected chi connectivity index (χ0v) is 18.0. The van der Waals surface area contributed by atoms with E-state index < -0.39 is 0 Å². The number of hydrogen-bond acceptors (Lipinski definition) is 4. The monoisotopic (exact) mass is 392 g/mol. The Hall–Kier alpha value is -2.61. The third-order valence-electron chi connectivity index (χ3n) is 4.07. The summed E-state index contributed by atoms with van der Waals surface area (Å²) in [7, 11) is 0. The van der Waals surface area contributed by atoms with E-state index in [1.807, 2.05) is 18.2 Å². The lowest BCUT2D eigenvalue weighted by Crippen LogP contribution is -2.22. The average Bonchev–Trinajstić information content (AvgIpc) is 3.19. The van der Waals surface area contributed by atoms with Gasteiger partial charge < -0.3 is 9.15 Å². The van der Waals surface area contributed by atoms with Gasteiger partial charge in [-0.2, -0.15) is 0 Å². The van der Waals surface area contributed by atoms with Crippen LogP contribution in [-0.2, 0) is 17.9 Å². The number of ether oxygens (including phenoxy) is 1. The molecule has 0 aliphatic rings. The summed E-state index contributed by atoms with van der Waals surface area (Å²) < 4.78 is 10.9. The average molecular weight is 393 g/mol. The van der Waals surface area contributed by atoms with E-state index in [-0.39, 0.29) is 5.41 Å². The van der Waals surface area contributed by atoms with Crippen LogP contribution in [0.2, 0.25) is 0 Å². The third-order valence-corrected chi connectivity index (χ3v) is 4.07. The van der Waals surface area contributed by atoms with Crippen molar-refractivity contribution in [1.29, 1.82) is 0 Å². The fraction of sp³-hybridized carbons (Fsp3) is 0.400. The highest BCUT2D eigenvalue weighted by atomic mass is 16.5. The first-order chi connectivity index (χ1) is 14.0. The van der Waals surface area contributed by atoms with Crippen molar-refractivity contribution in [1.82, 2.24) is 9.88 Å². The van der Waals surface area contributed by atoms with Gasteiger partial charge in [0.25, 0.3) is 0 Å². The van der Waals surface area contributed by atoms with Crippen molar-refractivity contribution >= 4 is 6.08 Å². The van der Waals surface area contributed by atoms with Gasteiger partial charge in [-0.3, -0.25) is 4.90 Å². The van der Waals surface area contributed by atoms with Gasteiger partial charge in [-0.15, -0.1) is 0 Å². The topological polar surface area (TPSA) is 38.5 Å². The molecular weight excluding hydrogens is 360 g/mol. The minimum Gasteiger partial charge on any atom is -0.444 e. The molecule has 0 radical (unpaired) electrons. The lowest BCUT2D eigenvalue weighted by molar-refractivity contribution is 0.149. The van der Waals surface area contributed by atoms with Crippen molar-refractivity contribution < 1.29 is 9.15 Å². The Balaban J connectivity index is 1.79. The third kappa shape index (κ3) is 9.94. The van der Waals surface area contributed by atoms with Crippen LogP contribution in [0.25, 0.3) is 6.08 Å². The molecule has 0 aliphatic heterocycles. The predicted molar refractivity (Wildman–Crippen MR) is 119 cm³/mol. The van der Waals surface area contributed by atoms with Gasteiger partial charge in [0.1, 0.15) is 5.76 Å². The molecule has 0 fully saturated rings. The molecule has 29 heavy (non-hydrogen) atoms. The van der Waals surface area contributed by atoms with Crippen LogP contribution in [-0.4, -0.2) is 29.6 Å². The Labute approximate surface area is 175 Å². The van der Waals surface area contributed by atoms with E-state index in [1.54, 1.807) is 6.20 Å². The lowest BCUT2D eigenvalue weighted by atomic mass is 9.98. The first-order valence-corrected chi connectivity index (χ1v) is 10.1. The van der Waals surface area contributed by atoms with E-state index in [2.05, 4.69) is 79.8 Å². The number of rotatable bonds is 10. The van der Waals surface area contributed by atoms with Crippen molar-refractivity contribution in [3.8, 4) is 11.8 Å². The van der Waals surface area contributed by atoms with Crippen molar-refractivity contribution in [2.45, 2.75) is 40.8 Å². The van der Waals surface area contributed by atoms with Crippen LogP contribution >= 0.6 is 0 Å². The van der Waals surface area contributed by atoms with E-state index in [1.165, 1.54) is 17.5 Å². The molecule has 0 N–H and O–H groups in total. The molecule has 2 aromatic rings. The summed E-state index contributed by atoms with van der Waals surface area (Å²) in [6, 6.07) is 8.57. The Bertz CT molecular complexity index is 834. The van der Waals surface area contributed by atoms with Gasteiger partial charge in [0, 0.05) is 18.5 Å². The predicted octanol–water partition coefficient (Wildman–Crippen LogP) is 5.33. The van der Waals surface area contributed by atoms with E-state index in [4.69, 9.17) is 9.15 Å². The molecule has 1 aromatic carbocycles. The Kier molecular flexibility index (Phi) is 9.43. The zero-order valence-electron chi connectivity index (χ0n) is 18.0. The van der Waals surface area contributed by atoms with E-state index >= 15 is 0 Å². The number of likely N-dealkylation sites (N-methyl/N-ethyl adjacent to an activating group) is 1. The summed E-state index contributed by atoms with van der Waals surface area (Å²) in [6.45, 7) is 12.5. The molecular formula is C25H32N2O2. The maximum Gasteiger partial charge on any atom is 0.181 e. The SMILES string of the molecule is CCN(C/C=C/C#CC(C)(C)C)Cc1cccc(COC/C=C/c2cnco2)c1. The lowest BCUT2D eigenvalue weighted by Gasteiger charge is -2.18. The molecule has 0 bridgehead atoms. The molecule has 1 heterocycles. The molecule has 0 unspecified atom stereocenters. The maximum atomic E-state index is 5.73. The number of allylic oxidation sites excluding steroid dienone is 1. The quantitative estimate of drug-likeness (QED) is 0.404. The minimum atomic E-state index is 0.0447. The molecule has 0 spiro atoms. The molecule has 0 atom stereocenters. The van der Waals surface area contributed by atoms with Crippen LogP contribution in [0.4, 0.5) is 0 Å². The van der Waals surface area contributed by atoms with Gasteiger partial charge in [0.05, 0.1) is 19.4 Å². The van der Waals surface area contributed by atoms with Crippen LogP contribution in [0.5, 0.6) is 0 Å². The Morgan fingerprint density at radius 1 is 1.21 bits per heavy atom. The van der Waals surface area contributed by atoms with E-state index in [0.717, 1.165) is 25.4 Å². The fourth-order valence-electron chi connectivity index (χ4n) is 2.62. The van der Waals surface area contributed by atoms with Crippen molar-refractivity contribution in [3.05, 3.63) is 72.0 Å². The summed E-state index contributed by atoms with van der Waals surface area (Å²) in [6.07, 6.45) is 11.0. The van der Waals surface area contributed by atoms with Crippen LogP contribution in [0, 0.1) is 17.3 Å². The van der Waals surface area contributed by atoms with Crippen LogP contribution < -0.4 is 0 Å². The standard InChI is InChI=1S/C25H32N2O2/c1-5-27(15-8-6-7-14-25(2,3)4)19-22-11-9-12-23(17-22)20-28-16-10-13-24-18-26-21-29-24/h6,8-13,17-18,21H,5,15-16,19-20H2,1-4H3/b8-6+,13-10+. The number of aromatic nitrogens is 1. The molecule has 2 rings (SSSR count). The molecule has 0 aliphatic carbocycles. The molecule has 0 saturated carbocycles. The summed E-state index contributed by atoms with van der Waals surface area (Å²) in [5.41, 5.74) is 2.51. The second-order valence-electron chi connectivity index (χ2n) is 7.89.